The zero-order valence-corrected chi connectivity index (χ0v) is 17.9. The molecule has 162 valence electrons. The van der Waals surface area contributed by atoms with Crippen LogP contribution >= 0.6 is 0 Å². The summed E-state index contributed by atoms with van der Waals surface area (Å²) in [6.45, 7) is 3.98. The molecule has 0 aliphatic heterocycles. The van der Waals surface area contributed by atoms with Crippen molar-refractivity contribution in [1.82, 2.24) is 16.0 Å². The van der Waals surface area contributed by atoms with Crippen molar-refractivity contribution >= 4 is 21.7 Å². The first-order valence-electron chi connectivity index (χ1n) is 10.0. The molecule has 0 atom stereocenters. The van der Waals surface area contributed by atoms with E-state index in [9.17, 15) is 17.6 Å². The molecule has 7 nitrogen and oxygen atoms in total. The van der Waals surface area contributed by atoms with E-state index >= 15 is 0 Å². The number of nitrogens with zero attached hydrogens (tertiary/aromatic N) is 1. The van der Waals surface area contributed by atoms with Crippen molar-refractivity contribution in [3.63, 3.8) is 0 Å². The van der Waals surface area contributed by atoms with Gasteiger partial charge in [0.05, 0.1) is 12.3 Å². The summed E-state index contributed by atoms with van der Waals surface area (Å²) < 4.78 is 36.8. The summed E-state index contributed by atoms with van der Waals surface area (Å²) >= 11 is 0. The highest BCUT2D eigenvalue weighted by atomic mass is 32.2. The highest BCUT2D eigenvalue weighted by Gasteiger charge is 2.24. The maximum absolute atomic E-state index is 13.6. The summed E-state index contributed by atoms with van der Waals surface area (Å²) in [6, 6.07) is 4.07. The highest BCUT2D eigenvalue weighted by Crippen LogP contribution is 2.26. The number of amides is 1. The van der Waals surface area contributed by atoms with Gasteiger partial charge in [0.1, 0.15) is 5.82 Å². The van der Waals surface area contributed by atoms with Gasteiger partial charge in [0.15, 0.2) is 15.8 Å². The third-order valence-electron chi connectivity index (χ3n) is 4.76. The lowest BCUT2D eigenvalue weighted by Gasteiger charge is -2.24. The van der Waals surface area contributed by atoms with Crippen LogP contribution < -0.4 is 16.0 Å². The number of rotatable bonds is 10. The monoisotopic (exact) mass is 426 g/mol. The van der Waals surface area contributed by atoms with Gasteiger partial charge in [-0.1, -0.05) is 12.5 Å². The fourth-order valence-corrected chi connectivity index (χ4v) is 3.84. The number of sulfone groups is 1. The van der Waals surface area contributed by atoms with Gasteiger partial charge in [-0.3, -0.25) is 4.79 Å². The summed E-state index contributed by atoms with van der Waals surface area (Å²) in [6.07, 6.45) is 5.02. The van der Waals surface area contributed by atoms with Gasteiger partial charge in [0, 0.05) is 31.8 Å². The van der Waals surface area contributed by atoms with Crippen LogP contribution in [0.4, 0.5) is 4.39 Å². The zero-order chi connectivity index (χ0) is 21.3. The molecule has 9 heteroatoms. The van der Waals surface area contributed by atoms with E-state index in [0.717, 1.165) is 31.9 Å². The second-order valence-corrected chi connectivity index (χ2v) is 9.52. The average Bonchev–Trinajstić information content (AvgIpc) is 2.58. The molecule has 3 N–H and O–H groups in total. The Balaban J connectivity index is 1.87. The molecule has 1 aromatic rings. The van der Waals surface area contributed by atoms with Gasteiger partial charge in [-0.25, -0.2) is 17.8 Å². The Morgan fingerprint density at radius 1 is 1.17 bits per heavy atom. The largest absolute Gasteiger partial charge is 0.357 e. The molecule has 0 spiro atoms. The maximum atomic E-state index is 13.6. The lowest BCUT2D eigenvalue weighted by atomic mass is 9.85. The summed E-state index contributed by atoms with van der Waals surface area (Å²) in [5.41, 5.74) is 1.09. The van der Waals surface area contributed by atoms with E-state index in [1.807, 2.05) is 6.92 Å². The van der Waals surface area contributed by atoms with E-state index < -0.39 is 15.7 Å². The van der Waals surface area contributed by atoms with Crippen LogP contribution in [0.15, 0.2) is 23.2 Å². The van der Waals surface area contributed by atoms with Crippen LogP contribution in [0.5, 0.6) is 0 Å². The summed E-state index contributed by atoms with van der Waals surface area (Å²) in [7, 11) is -3.23. The molecule has 1 fully saturated rings. The summed E-state index contributed by atoms with van der Waals surface area (Å²) in [4.78, 5) is 16.2. The third kappa shape index (κ3) is 8.39. The molecule has 1 aliphatic rings. The fraction of sp³-hybridized carbons (Fsp3) is 0.600. The molecule has 29 heavy (non-hydrogen) atoms. The molecule has 0 saturated heterocycles. The van der Waals surface area contributed by atoms with Gasteiger partial charge in [-0.05, 0) is 49.4 Å². The first-order chi connectivity index (χ1) is 13.8. The standard InChI is InChI=1S/C20H31FN4O3S/c1-3-22-20(24-11-5-10-23-19(26)15-6-4-7-15)25-13-17-12-18(21)9-8-16(17)14-29(2,27)28/h8-9,12,15H,3-7,10-11,13-14H2,1-2H3,(H,23,26)(H2,22,24,25). The van der Waals surface area contributed by atoms with Crippen molar-refractivity contribution in [2.45, 2.75) is 44.9 Å². The number of aliphatic imine (C=N–C) groups is 1. The molecule has 1 amide bonds. The summed E-state index contributed by atoms with van der Waals surface area (Å²) in [5.74, 6) is 0.318. The van der Waals surface area contributed by atoms with Gasteiger partial charge in [-0.2, -0.15) is 0 Å². The van der Waals surface area contributed by atoms with Crippen molar-refractivity contribution in [2.75, 3.05) is 25.9 Å². The number of carbonyl (C=O) groups is 1. The molecule has 0 radical (unpaired) electrons. The number of nitrogens with one attached hydrogen (secondary N) is 3. The van der Waals surface area contributed by atoms with E-state index in [0.29, 0.717) is 36.7 Å². The quantitative estimate of drug-likeness (QED) is 0.301. The normalized spacial score (nSPS) is 14.9. The van der Waals surface area contributed by atoms with Crippen molar-refractivity contribution < 1.29 is 17.6 Å². The highest BCUT2D eigenvalue weighted by molar-refractivity contribution is 7.89. The Bertz CT molecular complexity index is 823. The molecule has 2 rings (SSSR count). The maximum Gasteiger partial charge on any atom is 0.223 e. The number of hydrogen-bond acceptors (Lipinski definition) is 4. The minimum atomic E-state index is -3.23. The van der Waals surface area contributed by atoms with Gasteiger partial charge in [0.2, 0.25) is 5.91 Å². The second kappa shape index (κ2) is 11.1. The molecule has 1 aliphatic carbocycles. The van der Waals surface area contributed by atoms with E-state index in [2.05, 4.69) is 20.9 Å². The topological polar surface area (TPSA) is 99.7 Å². The molecular weight excluding hydrogens is 395 g/mol. The molecule has 0 unspecified atom stereocenters. The average molecular weight is 427 g/mol. The molecule has 0 heterocycles. The van der Waals surface area contributed by atoms with E-state index in [1.54, 1.807) is 0 Å². The predicted molar refractivity (Wildman–Crippen MR) is 113 cm³/mol. The molecule has 0 aromatic heterocycles. The van der Waals surface area contributed by atoms with Crippen LogP contribution in [0, 0.1) is 11.7 Å². The van der Waals surface area contributed by atoms with Crippen LogP contribution in [0.1, 0.15) is 43.7 Å². The molecular formula is C20H31FN4O3S. The molecule has 1 aromatic carbocycles. The first-order valence-corrected chi connectivity index (χ1v) is 12.1. The Hall–Kier alpha value is -2.16. The second-order valence-electron chi connectivity index (χ2n) is 7.38. The van der Waals surface area contributed by atoms with Gasteiger partial charge >= 0.3 is 0 Å². The number of guanidine groups is 1. The Labute approximate surface area is 172 Å². The Morgan fingerprint density at radius 3 is 2.52 bits per heavy atom. The number of benzene rings is 1. The Morgan fingerprint density at radius 2 is 1.90 bits per heavy atom. The van der Waals surface area contributed by atoms with E-state index in [1.165, 1.54) is 18.2 Å². The Kier molecular flexibility index (Phi) is 8.88. The smallest absolute Gasteiger partial charge is 0.223 e. The lowest BCUT2D eigenvalue weighted by molar-refractivity contribution is -0.127. The number of hydrogen-bond donors (Lipinski definition) is 3. The van der Waals surface area contributed by atoms with Crippen LogP contribution in [-0.4, -0.2) is 46.2 Å². The number of halogens is 1. The molecule has 0 bridgehead atoms. The minimum Gasteiger partial charge on any atom is -0.357 e. The lowest BCUT2D eigenvalue weighted by Crippen LogP contribution is -2.39. The van der Waals surface area contributed by atoms with Crippen molar-refractivity contribution in [3.05, 3.63) is 35.1 Å². The SMILES string of the molecule is CCNC(=NCc1cc(F)ccc1CS(C)(=O)=O)NCCCNC(=O)C1CCC1. The third-order valence-corrected chi connectivity index (χ3v) is 5.59. The van der Waals surface area contributed by atoms with Crippen LogP contribution in [0.2, 0.25) is 0 Å². The van der Waals surface area contributed by atoms with Crippen LogP contribution in [0.3, 0.4) is 0 Å². The van der Waals surface area contributed by atoms with Crippen molar-refractivity contribution in [1.29, 1.82) is 0 Å². The number of carbonyl (C=O) groups excluding carboxylic acids is 1. The van der Waals surface area contributed by atoms with Gasteiger partial charge in [0.25, 0.3) is 0 Å². The zero-order valence-electron chi connectivity index (χ0n) is 17.1. The predicted octanol–water partition coefficient (Wildman–Crippen LogP) is 1.73. The van der Waals surface area contributed by atoms with E-state index in [-0.39, 0.29) is 24.1 Å². The fourth-order valence-electron chi connectivity index (χ4n) is 2.99. The van der Waals surface area contributed by atoms with Crippen molar-refractivity contribution in [2.24, 2.45) is 10.9 Å². The first kappa shape index (κ1) is 23.1. The van der Waals surface area contributed by atoms with Gasteiger partial charge in [-0.15, -0.1) is 0 Å². The van der Waals surface area contributed by atoms with Crippen LogP contribution in [-0.2, 0) is 26.9 Å². The summed E-state index contributed by atoms with van der Waals surface area (Å²) in [5, 5.41) is 9.24. The van der Waals surface area contributed by atoms with Crippen LogP contribution in [0.25, 0.3) is 0 Å². The van der Waals surface area contributed by atoms with E-state index in [4.69, 9.17) is 0 Å². The van der Waals surface area contributed by atoms with Gasteiger partial charge < -0.3 is 16.0 Å². The molecule has 1 saturated carbocycles. The van der Waals surface area contributed by atoms with Crippen molar-refractivity contribution in [3.8, 4) is 0 Å². The minimum absolute atomic E-state index is 0.140.